The summed E-state index contributed by atoms with van der Waals surface area (Å²) < 4.78 is 1.48. The number of aromatic nitrogens is 4. The Morgan fingerprint density at radius 2 is 1.42 bits per heavy atom. The third-order valence-corrected chi connectivity index (χ3v) is 4.85. The molecule has 0 aliphatic heterocycles. The monoisotopic (exact) mass is 412 g/mol. The highest BCUT2D eigenvalue weighted by Crippen LogP contribution is 2.27. The van der Waals surface area contributed by atoms with E-state index in [1.807, 2.05) is 60.7 Å². The molecule has 8 heteroatoms. The minimum atomic E-state index is -0.410. The number of carbonyl (C=O) groups is 2. The maximum atomic E-state index is 12.6. The highest BCUT2D eigenvalue weighted by atomic mass is 16.2. The molecule has 0 fully saturated rings. The smallest absolute Gasteiger partial charge is 0.269 e. The van der Waals surface area contributed by atoms with Crippen LogP contribution in [-0.2, 0) is 4.79 Å². The second-order valence-electron chi connectivity index (χ2n) is 6.88. The SMILES string of the molecule is O=C(CC(c1ccccc1)c1ccccc1)NNC(=O)c1ccc(-n2cnnn2)cc1. The highest BCUT2D eigenvalue weighted by Gasteiger charge is 2.18. The molecule has 2 amide bonds. The van der Waals surface area contributed by atoms with Crippen molar-refractivity contribution in [2.75, 3.05) is 0 Å². The average molecular weight is 412 g/mol. The van der Waals surface area contributed by atoms with Crippen molar-refractivity contribution < 1.29 is 9.59 Å². The zero-order valence-corrected chi connectivity index (χ0v) is 16.6. The van der Waals surface area contributed by atoms with E-state index >= 15 is 0 Å². The number of nitrogens with one attached hydrogen (secondary N) is 2. The summed E-state index contributed by atoms with van der Waals surface area (Å²) in [6, 6.07) is 26.4. The van der Waals surface area contributed by atoms with Gasteiger partial charge in [-0.25, -0.2) is 4.68 Å². The highest BCUT2D eigenvalue weighted by molar-refractivity contribution is 5.95. The number of tetrazole rings is 1. The van der Waals surface area contributed by atoms with E-state index in [-0.39, 0.29) is 18.2 Å². The Morgan fingerprint density at radius 1 is 0.806 bits per heavy atom. The minimum absolute atomic E-state index is 0.116. The lowest BCUT2D eigenvalue weighted by Gasteiger charge is -2.18. The Kier molecular flexibility index (Phi) is 6.08. The summed E-state index contributed by atoms with van der Waals surface area (Å²) in [5.74, 6) is -0.807. The van der Waals surface area contributed by atoms with Crippen LogP contribution in [0.3, 0.4) is 0 Å². The number of hydrogen-bond acceptors (Lipinski definition) is 5. The Bertz CT molecular complexity index is 1090. The average Bonchev–Trinajstić information content (AvgIpc) is 3.37. The van der Waals surface area contributed by atoms with Gasteiger partial charge in [0.1, 0.15) is 6.33 Å². The van der Waals surface area contributed by atoms with Crippen molar-refractivity contribution in [3.05, 3.63) is 108 Å². The van der Waals surface area contributed by atoms with Crippen molar-refractivity contribution in [2.45, 2.75) is 12.3 Å². The maximum absolute atomic E-state index is 12.6. The molecule has 0 saturated carbocycles. The standard InChI is InChI=1S/C23H20N6O2/c30-22(15-21(17-7-3-1-4-8-17)18-9-5-2-6-10-18)25-26-23(31)19-11-13-20(14-12-19)29-16-24-27-28-29/h1-14,16,21H,15H2,(H,25,30)(H,26,31). The van der Waals surface area contributed by atoms with E-state index in [0.717, 1.165) is 16.8 Å². The van der Waals surface area contributed by atoms with Crippen LogP contribution in [0.4, 0.5) is 0 Å². The molecule has 4 rings (SSSR count). The van der Waals surface area contributed by atoms with Crippen LogP contribution in [0.25, 0.3) is 5.69 Å². The fraction of sp³-hybridized carbons (Fsp3) is 0.0870. The van der Waals surface area contributed by atoms with Gasteiger partial charge in [0.15, 0.2) is 0 Å². The van der Waals surface area contributed by atoms with Crippen LogP contribution in [0, 0.1) is 0 Å². The van der Waals surface area contributed by atoms with Crippen molar-refractivity contribution >= 4 is 11.8 Å². The van der Waals surface area contributed by atoms with Crippen LogP contribution in [0.1, 0.15) is 33.8 Å². The number of rotatable bonds is 6. The van der Waals surface area contributed by atoms with Gasteiger partial charge in [-0.3, -0.25) is 20.4 Å². The Hall–Kier alpha value is -4.33. The predicted octanol–water partition coefficient (Wildman–Crippen LogP) is 2.65. The second-order valence-corrected chi connectivity index (χ2v) is 6.88. The first kappa shape index (κ1) is 20.0. The van der Waals surface area contributed by atoms with E-state index in [0.29, 0.717) is 5.56 Å². The quantitative estimate of drug-likeness (QED) is 0.474. The molecule has 0 aliphatic rings. The minimum Gasteiger partial charge on any atom is -0.273 e. The molecular formula is C23H20N6O2. The van der Waals surface area contributed by atoms with Gasteiger partial charge >= 0.3 is 0 Å². The van der Waals surface area contributed by atoms with E-state index in [9.17, 15) is 9.59 Å². The third kappa shape index (κ3) is 4.99. The van der Waals surface area contributed by atoms with E-state index in [2.05, 4.69) is 26.4 Å². The lowest BCUT2D eigenvalue weighted by Crippen LogP contribution is -2.42. The molecule has 2 N–H and O–H groups in total. The molecule has 0 bridgehead atoms. The van der Waals surface area contributed by atoms with Crippen molar-refractivity contribution in [2.24, 2.45) is 0 Å². The molecule has 31 heavy (non-hydrogen) atoms. The van der Waals surface area contributed by atoms with Gasteiger partial charge in [-0.05, 0) is 45.8 Å². The topological polar surface area (TPSA) is 102 Å². The molecule has 0 saturated heterocycles. The lowest BCUT2D eigenvalue weighted by atomic mass is 9.88. The first-order chi connectivity index (χ1) is 15.2. The maximum Gasteiger partial charge on any atom is 0.269 e. The molecule has 8 nitrogen and oxygen atoms in total. The van der Waals surface area contributed by atoms with Crippen molar-refractivity contribution in [3.8, 4) is 5.69 Å². The number of carbonyl (C=O) groups excluding carboxylic acids is 2. The fourth-order valence-electron chi connectivity index (χ4n) is 3.28. The normalized spacial score (nSPS) is 10.6. The molecule has 3 aromatic carbocycles. The fourth-order valence-corrected chi connectivity index (χ4v) is 3.28. The summed E-state index contributed by atoms with van der Waals surface area (Å²) in [5.41, 5.74) is 8.19. The van der Waals surface area contributed by atoms with Crippen LogP contribution < -0.4 is 10.9 Å². The van der Waals surface area contributed by atoms with Gasteiger partial charge in [0.05, 0.1) is 5.69 Å². The van der Waals surface area contributed by atoms with Gasteiger partial charge in [-0.1, -0.05) is 60.7 Å². The molecule has 0 aliphatic carbocycles. The zero-order valence-electron chi connectivity index (χ0n) is 16.6. The summed E-state index contributed by atoms with van der Waals surface area (Å²) in [7, 11) is 0. The van der Waals surface area contributed by atoms with Crippen molar-refractivity contribution in [1.29, 1.82) is 0 Å². The van der Waals surface area contributed by atoms with Crippen LogP contribution in [0.5, 0.6) is 0 Å². The number of hydrogen-bond donors (Lipinski definition) is 2. The first-order valence-corrected chi connectivity index (χ1v) is 9.73. The van der Waals surface area contributed by atoms with Crippen LogP contribution >= 0.6 is 0 Å². The van der Waals surface area contributed by atoms with Crippen LogP contribution in [-0.4, -0.2) is 32.0 Å². The molecule has 0 atom stereocenters. The Morgan fingerprint density at radius 3 is 1.97 bits per heavy atom. The molecule has 1 heterocycles. The molecule has 4 aromatic rings. The van der Waals surface area contributed by atoms with Gasteiger partial charge in [-0.15, -0.1) is 5.10 Å². The van der Waals surface area contributed by atoms with E-state index in [1.54, 1.807) is 24.3 Å². The second kappa shape index (κ2) is 9.45. The summed E-state index contributed by atoms with van der Waals surface area (Å²) >= 11 is 0. The van der Waals surface area contributed by atoms with Gasteiger partial charge in [0.2, 0.25) is 5.91 Å². The van der Waals surface area contributed by atoms with Gasteiger partial charge < -0.3 is 0 Å². The summed E-state index contributed by atoms with van der Waals surface area (Å²) in [6.07, 6.45) is 1.66. The molecular weight excluding hydrogens is 392 g/mol. The van der Waals surface area contributed by atoms with E-state index in [1.165, 1.54) is 11.0 Å². The van der Waals surface area contributed by atoms with Crippen molar-refractivity contribution in [3.63, 3.8) is 0 Å². The third-order valence-electron chi connectivity index (χ3n) is 4.85. The molecule has 0 radical (unpaired) electrons. The van der Waals surface area contributed by atoms with Gasteiger partial charge in [-0.2, -0.15) is 0 Å². The first-order valence-electron chi connectivity index (χ1n) is 9.73. The van der Waals surface area contributed by atoms with E-state index < -0.39 is 5.91 Å². The van der Waals surface area contributed by atoms with Crippen LogP contribution in [0.2, 0.25) is 0 Å². The predicted molar refractivity (Wildman–Crippen MR) is 114 cm³/mol. The number of amides is 2. The van der Waals surface area contributed by atoms with E-state index in [4.69, 9.17) is 0 Å². The largest absolute Gasteiger partial charge is 0.273 e. The zero-order chi connectivity index (χ0) is 21.5. The van der Waals surface area contributed by atoms with Crippen molar-refractivity contribution in [1.82, 2.24) is 31.1 Å². The summed E-state index contributed by atoms with van der Waals surface area (Å²) in [5, 5.41) is 11.0. The number of nitrogens with zero attached hydrogens (tertiary/aromatic N) is 4. The Balaban J connectivity index is 1.38. The van der Waals surface area contributed by atoms with Gasteiger partial charge in [0, 0.05) is 17.9 Å². The molecule has 1 aromatic heterocycles. The lowest BCUT2D eigenvalue weighted by molar-refractivity contribution is -0.122. The molecule has 0 unspecified atom stereocenters. The summed E-state index contributed by atoms with van der Waals surface area (Å²) in [6.45, 7) is 0. The Labute approximate surface area is 178 Å². The molecule has 154 valence electrons. The molecule has 0 spiro atoms. The number of benzene rings is 3. The summed E-state index contributed by atoms with van der Waals surface area (Å²) in [4.78, 5) is 25.0. The van der Waals surface area contributed by atoms with Gasteiger partial charge in [0.25, 0.3) is 5.91 Å². The van der Waals surface area contributed by atoms with Crippen LogP contribution in [0.15, 0.2) is 91.3 Å². The number of hydrazine groups is 1.